The number of pyridine rings is 2. The minimum Gasteiger partial charge on any atom is -0.256 e. The average Bonchev–Trinajstić information content (AvgIpc) is 2.62. The molecule has 1 unspecified atom stereocenters. The van der Waals surface area contributed by atoms with Crippen LogP contribution in [0.1, 0.15) is 30.8 Å². The highest BCUT2D eigenvalue weighted by Crippen LogP contribution is 2.22. The van der Waals surface area contributed by atoms with E-state index in [9.17, 15) is 0 Å². The van der Waals surface area contributed by atoms with Crippen molar-refractivity contribution in [2.75, 3.05) is 0 Å². The molecule has 0 fully saturated rings. The molecule has 0 N–H and O–H groups in total. The zero-order chi connectivity index (χ0) is 18.1. The number of hydrogen-bond acceptors (Lipinski definition) is 2. The fraction of sp³-hybridized carbons (Fsp3) is 0.158. The minimum absolute atomic E-state index is 0.220. The Morgan fingerprint density at radius 2 is 1.76 bits per heavy atom. The van der Waals surface area contributed by atoms with Crippen molar-refractivity contribution in [2.24, 2.45) is 0 Å². The van der Waals surface area contributed by atoms with Gasteiger partial charge in [-0.05, 0) is 30.2 Å². The van der Waals surface area contributed by atoms with Gasteiger partial charge < -0.3 is 0 Å². The quantitative estimate of drug-likeness (QED) is 0.678. The smallest absolute Gasteiger partial charge is 0.0720 e. The van der Waals surface area contributed by atoms with Gasteiger partial charge in [0, 0.05) is 28.5 Å². The van der Waals surface area contributed by atoms with Crippen molar-refractivity contribution in [3.63, 3.8) is 0 Å². The molecule has 2 aromatic heterocycles. The summed E-state index contributed by atoms with van der Waals surface area (Å²) in [7, 11) is 0. The number of benzene rings is 1. The Morgan fingerprint density at radius 1 is 0.905 bits per heavy atom. The second kappa shape index (κ2) is 5.88. The molecule has 0 aliphatic rings. The van der Waals surface area contributed by atoms with Gasteiger partial charge >= 0.3 is 0 Å². The Balaban J connectivity index is 1.94. The Morgan fingerprint density at radius 3 is 2.48 bits per heavy atom. The number of hydrogen-bond donors (Lipinski definition) is 0. The topological polar surface area (TPSA) is 25.8 Å². The van der Waals surface area contributed by atoms with Crippen LogP contribution in [0.5, 0.6) is 0 Å². The zero-order valence-electron chi connectivity index (χ0n) is 15.7. The molecular formula is C19H18N2. The van der Waals surface area contributed by atoms with E-state index in [1.54, 1.807) is 24.4 Å². The lowest BCUT2D eigenvalue weighted by atomic mass is 10.1. The van der Waals surface area contributed by atoms with Crippen LogP contribution in [0.2, 0.25) is 0 Å². The molecule has 0 aliphatic carbocycles. The lowest BCUT2D eigenvalue weighted by Gasteiger charge is -2.07. The molecule has 0 saturated carbocycles. The SMILES string of the molecule is [2H]C([2H])([2H])C([2H])(C)c1cccc(-c2ccc(-c3ccccc3)nc2)n1. The lowest BCUT2D eigenvalue weighted by molar-refractivity contribution is 0.824. The first-order chi connectivity index (χ1) is 11.8. The first kappa shape index (κ1) is 9.46. The summed E-state index contributed by atoms with van der Waals surface area (Å²) in [6.07, 6.45) is 1.71. The standard InChI is InChI=1S/C19H18N2/c1-14(2)17-9-6-10-19(21-17)16-11-12-18(20-13-16)15-7-4-3-5-8-15/h3-14H,1-2H3/i1D3,14D. The van der Waals surface area contributed by atoms with Gasteiger partial charge in [0.05, 0.1) is 11.4 Å². The van der Waals surface area contributed by atoms with Gasteiger partial charge in [0.2, 0.25) is 0 Å². The molecule has 104 valence electrons. The van der Waals surface area contributed by atoms with E-state index in [1.807, 2.05) is 42.5 Å². The van der Waals surface area contributed by atoms with E-state index < -0.39 is 12.7 Å². The van der Waals surface area contributed by atoms with E-state index in [-0.39, 0.29) is 5.69 Å². The van der Waals surface area contributed by atoms with E-state index in [1.165, 1.54) is 6.92 Å². The second-order valence-corrected chi connectivity index (χ2v) is 4.83. The third kappa shape index (κ3) is 3.00. The van der Waals surface area contributed by atoms with Crippen LogP contribution >= 0.6 is 0 Å². The molecule has 0 amide bonds. The molecule has 2 heterocycles. The highest BCUT2D eigenvalue weighted by atomic mass is 14.7. The summed E-state index contributed by atoms with van der Waals surface area (Å²) in [6, 6.07) is 18.7. The van der Waals surface area contributed by atoms with Gasteiger partial charge in [0.1, 0.15) is 0 Å². The van der Waals surface area contributed by atoms with Gasteiger partial charge in [0.15, 0.2) is 0 Å². The lowest BCUT2D eigenvalue weighted by Crippen LogP contribution is -1.94. The molecule has 21 heavy (non-hydrogen) atoms. The summed E-state index contributed by atoms with van der Waals surface area (Å²) >= 11 is 0. The molecular weight excluding hydrogens is 256 g/mol. The van der Waals surface area contributed by atoms with E-state index in [2.05, 4.69) is 9.97 Å². The first-order valence-corrected chi connectivity index (χ1v) is 6.78. The number of aromatic nitrogens is 2. The summed E-state index contributed by atoms with van der Waals surface area (Å²) in [6.45, 7) is -1.09. The van der Waals surface area contributed by atoms with Crippen LogP contribution in [0.15, 0.2) is 66.9 Å². The summed E-state index contributed by atoms with van der Waals surface area (Å²) in [4.78, 5) is 8.86. The summed E-state index contributed by atoms with van der Waals surface area (Å²) < 4.78 is 30.9. The zero-order valence-corrected chi connectivity index (χ0v) is 11.7. The Labute approximate surface area is 131 Å². The Kier molecular flexibility index (Phi) is 2.65. The minimum atomic E-state index is -2.45. The Bertz CT molecular complexity index is 857. The first-order valence-electron chi connectivity index (χ1n) is 8.78. The monoisotopic (exact) mass is 278 g/mol. The third-order valence-electron chi connectivity index (χ3n) is 3.26. The highest BCUT2D eigenvalue weighted by molar-refractivity contribution is 5.64. The average molecular weight is 278 g/mol. The van der Waals surface area contributed by atoms with Gasteiger partial charge in [-0.1, -0.05) is 50.2 Å². The molecule has 2 nitrogen and oxygen atoms in total. The summed E-state index contributed by atoms with van der Waals surface area (Å²) in [5.74, 6) is -1.76. The normalized spacial score (nSPS) is 17.0. The molecule has 0 bridgehead atoms. The predicted molar refractivity (Wildman–Crippen MR) is 87.0 cm³/mol. The molecule has 1 aromatic carbocycles. The van der Waals surface area contributed by atoms with Crippen LogP contribution in [0.25, 0.3) is 22.5 Å². The third-order valence-corrected chi connectivity index (χ3v) is 3.26. The maximum atomic E-state index is 8.18. The molecule has 0 radical (unpaired) electrons. The van der Waals surface area contributed by atoms with Crippen LogP contribution < -0.4 is 0 Å². The van der Waals surface area contributed by atoms with Crippen LogP contribution in [0.3, 0.4) is 0 Å². The molecule has 1 atom stereocenters. The van der Waals surface area contributed by atoms with Crippen LogP contribution in [-0.2, 0) is 0 Å². The van der Waals surface area contributed by atoms with Crippen molar-refractivity contribution in [2.45, 2.75) is 19.7 Å². The summed E-state index contributed by atoms with van der Waals surface area (Å²) in [5, 5.41) is 0. The van der Waals surface area contributed by atoms with Gasteiger partial charge in [-0.2, -0.15) is 0 Å². The van der Waals surface area contributed by atoms with Crippen molar-refractivity contribution in [3.05, 3.63) is 72.6 Å². The highest BCUT2D eigenvalue weighted by Gasteiger charge is 2.05. The van der Waals surface area contributed by atoms with Crippen molar-refractivity contribution in [3.8, 4) is 22.5 Å². The van der Waals surface area contributed by atoms with Gasteiger partial charge in [0.25, 0.3) is 0 Å². The van der Waals surface area contributed by atoms with E-state index in [0.717, 1.165) is 16.8 Å². The van der Waals surface area contributed by atoms with E-state index in [4.69, 9.17) is 5.48 Å². The van der Waals surface area contributed by atoms with Crippen LogP contribution in [-0.4, -0.2) is 9.97 Å². The molecule has 0 saturated heterocycles. The largest absolute Gasteiger partial charge is 0.256 e. The van der Waals surface area contributed by atoms with E-state index >= 15 is 0 Å². The molecule has 3 rings (SSSR count). The molecule has 2 heteroatoms. The van der Waals surface area contributed by atoms with Crippen molar-refractivity contribution in [1.29, 1.82) is 0 Å². The number of rotatable bonds is 3. The molecule has 0 spiro atoms. The fourth-order valence-corrected chi connectivity index (χ4v) is 2.13. The molecule has 3 aromatic rings. The van der Waals surface area contributed by atoms with Crippen molar-refractivity contribution >= 4 is 0 Å². The maximum Gasteiger partial charge on any atom is 0.0720 e. The van der Waals surface area contributed by atoms with Crippen molar-refractivity contribution in [1.82, 2.24) is 9.97 Å². The van der Waals surface area contributed by atoms with Crippen LogP contribution in [0, 0.1) is 0 Å². The fourth-order valence-electron chi connectivity index (χ4n) is 2.13. The van der Waals surface area contributed by atoms with Gasteiger partial charge in [-0.15, -0.1) is 0 Å². The van der Waals surface area contributed by atoms with Gasteiger partial charge in [-0.25, -0.2) is 0 Å². The second-order valence-electron chi connectivity index (χ2n) is 4.83. The Hall–Kier alpha value is -2.48. The van der Waals surface area contributed by atoms with E-state index in [0.29, 0.717) is 5.69 Å². The van der Waals surface area contributed by atoms with Crippen LogP contribution in [0.4, 0.5) is 0 Å². The maximum absolute atomic E-state index is 8.18. The van der Waals surface area contributed by atoms with Crippen molar-refractivity contribution < 1.29 is 5.48 Å². The summed E-state index contributed by atoms with van der Waals surface area (Å²) in [5.41, 5.74) is 3.48. The number of nitrogens with zero attached hydrogens (tertiary/aromatic N) is 2. The van der Waals surface area contributed by atoms with Gasteiger partial charge in [-0.3, -0.25) is 9.97 Å². The predicted octanol–water partition coefficient (Wildman–Crippen LogP) is 4.93. The molecule has 0 aliphatic heterocycles.